The minimum absolute atomic E-state index is 0.367. The standard InChI is InChI=1S/C17H18N4S/c1-12-6-3-4-9-15(12)17-16(11-18)19-20-21(17)13-7-5-8-14(10-13)22-2/h3-10H,11,18H2,1-2H3. The molecule has 0 bridgehead atoms. The maximum Gasteiger partial charge on any atom is 0.105 e. The molecule has 2 aromatic carbocycles. The highest BCUT2D eigenvalue weighted by molar-refractivity contribution is 7.98. The van der Waals surface area contributed by atoms with Crippen molar-refractivity contribution in [1.29, 1.82) is 0 Å². The third-order valence-electron chi connectivity index (χ3n) is 3.63. The molecule has 0 aliphatic carbocycles. The van der Waals surface area contributed by atoms with Crippen LogP contribution in [0.5, 0.6) is 0 Å². The van der Waals surface area contributed by atoms with Gasteiger partial charge >= 0.3 is 0 Å². The zero-order chi connectivity index (χ0) is 15.5. The van der Waals surface area contributed by atoms with Crippen LogP contribution in [0.2, 0.25) is 0 Å². The van der Waals surface area contributed by atoms with E-state index in [4.69, 9.17) is 5.73 Å². The van der Waals surface area contributed by atoms with Gasteiger partial charge in [0.1, 0.15) is 5.69 Å². The zero-order valence-electron chi connectivity index (χ0n) is 12.7. The van der Waals surface area contributed by atoms with E-state index in [-0.39, 0.29) is 0 Å². The number of aromatic nitrogens is 3. The Kier molecular flexibility index (Phi) is 4.27. The highest BCUT2D eigenvalue weighted by Gasteiger charge is 2.16. The molecule has 0 atom stereocenters. The van der Waals surface area contributed by atoms with E-state index in [1.165, 1.54) is 10.5 Å². The normalized spacial score (nSPS) is 10.9. The van der Waals surface area contributed by atoms with Gasteiger partial charge in [-0.1, -0.05) is 35.5 Å². The Balaban J connectivity index is 2.21. The topological polar surface area (TPSA) is 56.7 Å². The van der Waals surface area contributed by atoms with Gasteiger partial charge in [-0.3, -0.25) is 0 Å². The average Bonchev–Trinajstić information content (AvgIpc) is 2.99. The minimum atomic E-state index is 0.367. The van der Waals surface area contributed by atoms with Crippen molar-refractivity contribution in [2.45, 2.75) is 18.4 Å². The predicted octanol–water partition coefficient (Wildman–Crippen LogP) is 3.42. The number of rotatable bonds is 4. The monoisotopic (exact) mass is 310 g/mol. The summed E-state index contributed by atoms with van der Waals surface area (Å²) in [6.07, 6.45) is 2.06. The molecule has 0 saturated heterocycles. The number of nitrogens with zero attached hydrogens (tertiary/aromatic N) is 3. The molecule has 5 heteroatoms. The van der Waals surface area contributed by atoms with Gasteiger partial charge in [-0.25, -0.2) is 4.68 Å². The number of aryl methyl sites for hydroxylation is 1. The van der Waals surface area contributed by atoms with Crippen molar-refractivity contribution >= 4 is 11.8 Å². The molecule has 0 unspecified atom stereocenters. The van der Waals surface area contributed by atoms with Gasteiger partial charge in [0.05, 0.1) is 11.4 Å². The molecule has 0 aliphatic heterocycles. The van der Waals surface area contributed by atoms with Crippen LogP contribution in [0.25, 0.3) is 16.9 Å². The maximum absolute atomic E-state index is 5.87. The van der Waals surface area contributed by atoms with Gasteiger partial charge in [-0.05, 0) is 36.9 Å². The Bertz CT molecular complexity index is 795. The second-order valence-corrected chi connectivity index (χ2v) is 5.90. The van der Waals surface area contributed by atoms with Gasteiger partial charge in [0.15, 0.2) is 0 Å². The van der Waals surface area contributed by atoms with Gasteiger partial charge in [0.2, 0.25) is 0 Å². The SMILES string of the molecule is CSc1cccc(-n2nnc(CN)c2-c2ccccc2C)c1. The quantitative estimate of drug-likeness (QED) is 0.750. The second kappa shape index (κ2) is 6.34. The number of nitrogens with two attached hydrogens (primary N) is 1. The van der Waals surface area contributed by atoms with Crippen LogP contribution in [0, 0.1) is 6.92 Å². The van der Waals surface area contributed by atoms with E-state index in [1.54, 1.807) is 11.8 Å². The average molecular weight is 310 g/mol. The summed E-state index contributed by atoms with van der Waals surface area (Å²) < 4.78 is 1.88. The first-order valence-corrected chi connectivity index (χ1v) is 8.32. The summed E-state index contributed by atoms with van der Waals surface area (Å²) in [7, 11) is 0. The first-order valence-electron chi connectivity index (χ1n) is 7.09. The summed E-state index contributed by atoms with van der Waals surface area (Å²) in [4.78, 5) is 1.19. The number of benzene rings is 2. The predicted molar refractivity (Wildman–Crippen MR) is 91.2 cm³/mol. The molecule has 0 saturated carbocycles. The summed E-state index contributed by atoms with van der Waals surface area (Å²) in [5, 5.41) is 8.59. The lowest BCUT2D eigenvalue weighted by Gasteiger charge is -2.11. The van der Waals surface area contributed by atoms with Gasteiger partial charge in [-0.15, -0.1) is 16.9 Å². The van der Waals surface area contributed by atoms with E-state index in [1.807, 2.05) is 28.9 Å². The molecule has 0 amide bonds. The number of hydrogen-bond acceptors (Lipinski definition) is 4. The van der Waals surface area contributed by atoms with E-state index < -0.39 is 0 Å². The number of thioether (sulfide) groups is 1. The molecule has 1 heterocycles. The van der Waals surface area contributed by atoms with Crippen LogP contribution in [0.15, 0.2) is 53.4 Å². The molecule has 0 radical (unpaired) electrons. The van der Waals surface area contributed by atoms with Crippen molar-refractivity contribution in [2.24, 2.45) is 5.73 Å². The number of hydrogen-bond donors (Lipinski definition) is 1. The van der Waals surface area contributed by atoms with Crippen molar-refractivity contribution in [2.75, 3.05) is 6.26 Å². The summed E-state index contributed by atoms with van der Waals surface area (Å²) in [6.45, 7) is 2.46. The third-order valence-corrected chi connectivity index (χ3v) is 4.36. The van der Waals surface area contributed by atoms with Crippen molar-refractivity contribution in [3.63, 3.8) is 0 Å². The van der Waals surface area contributed by atoms with Gasteiger partial charge in [0, 0.05) is 17.0 Å². The summed E-state index contributed by atoms with van der Waals surface area (Å²) >= 11 is 1.71. The summed E-state index contributed by atoms with van der Waals surface area (Å²) in [5.74, 6) is 0. The van der Waals surface area contributed by atoms with Crippen LogP contribution < -0.4 is 5.73 Å². The lowest BCUT2D eigenvalue weighted by molar-refractivity contribution is 0.798. The molecule has 3 aromatic rings. The minimum Gasteiger partial charge on any atom is -0.325 e. The van der Waals surface area contributed by atoms with E-state index >= 15 is 0 Å². The van der Waals surface area contributed by atoms with E-state index in [2.05, 4.69) is 47.8 Å². The fourth-order valence-electron chi connectivity index (χ4n) is 2.48. The lowest BCUT2D eigenvalue weighted by Crippen LogP contribution is -2.03. The zero-order valence-corrected chi connectivity index (χ0v) is 13.5. The fraction of sp³-hybridized carbons (Fsp3) is 0.176. The molecule has 4 nitrogen and oxygen atoms in total. The Labute approximate surface area is 134 Å². The smallest absolute Gasteiger partial charge is 0.105 e. The molecular weight excluding hydrogens is 292 g/mol. The van der Waals surface area contributed by atoms with E-state index in [0.717, 1.165) is 22.6 Å². The van der Waals surface area contributed by atoms with Crippen molar-refractivity contribution in [3.8, 4) is 16.9 Å². The molecule has 2 N–H and O–H groups in total. The molecule has 112 valence electrons. The molecule has 3 rings (SSSR count). The van der Waals surface area contributed by atoms with Crippen LogP contribution in [0.4, 0.5) is 0 Å². The molecule has 0 aliphatic rings. The molecule has 22 heavy (non-hydrogen) atoms. The van der Waals surface area contributed by atoms with Crippen molar-refractivity contribution < 1.29 is 0 Å². The van der Waals surface area contributed by atoms with Gasteiger partial charge < -0.3 is 5.73 Å². The Morgan fingerprint density at radius 1 is 1.14 bits per heavy atom. The van der Waals surface area contributed by atoms with Gasteiger partial charge in [-0.2, -0.15) is 0 Å². The molecule has 0 spiro atoms. The van der Waals surface area contributed by atoms with Crippen LogP contribution >= 0.6 is 11.8 Å². The maximum atomic E-state index is 5.87. The lowest BCUT2D eigenvalue weighted by atomic mass is 10.0. The third kappa shape index (κ3) is 2.65. The van der Waals surface area contributed by atoms with Crippen LogP contribution in [-0.2, 0) is 6.54 Å². The highest BCUT2D eigenvalue weighted by atomic mass is 32.2. The molecule has 0 fully saturated rings. The summed E-state index contributed by atoms with van der Waals surface area (Å²) in [6, 6.07) is 16.5. The summed E-state index contributed by atoms with van der Waals surface area (Å²) in [5.41, 5.74) is 10.9. The first kappa shape index (κ1) is 14.8. The molecule has 1 aromatic heterocycles. The van der Waals surface area contributed by atoms with Crippen LogP contribution in [-0.4, -0.2) is 21.2 Å². The molecular formula is C17H18N4S. The Morgan fingerprint density at radius 3 is 2.68 bits per heavy atom. The fourth-order valence-corrected chi connectivity index (χ4v) is 2.93. The van der Waals surface area contributed by atoms with Crippen LogP contribution in [0.3, 0.4) is 0 Å². The Morgan fingerprint density at radius 2 is 1.95 bits per heavy atom. The van der Waals surface area contributed by atoms with Crippen molar-refractivity contribution in [1.82, 2.24) is 15.0 Å². The van der Waals surface area contributed by atoms with E-state index in [9.17, 15) is 0 Å². The first-order chi connectivity index (χ1) is 10.7. The van der Waals surface area contributed by atoms with Gasteiger partial charge in [0.25, 0.3) is 0 Å². The van der Waals surface area contributed by atoms with E-state index in [0.29, 0.717) is 6.54 Å². The van der Waals surface area contributed by atoms with Crippen molar-refractivity contribution in [3.05, 3.63) is 59.8 Å². The van der Waals surface area contributed by atoms with Crippen LogP contribution in [0.1, 0.15) is 11.3 Å². The second-order valence-electron chi connectivity index (χ2n) is 5.02. The highest BCUT2D eigenvalue weighted by Crippen LogP contribution is 2.28. The Hall–Kier alpha value is -2.11. The largest absolute Gasteiger partial charge is 0.325 e.